The molecule has 1 aromatic carbocycles. The van der Waals surface area contributed by atoms with Gasteiger partial charge in [0, 0.05) is 45.3 Å². The van der Waals surface area contributed by atoms with Crippen LogP contribution in [0.5, 0.6) is 0 Å². The molecule has 122 valence electrons. The molecule has 0 atom stereocenters. The molecule has 0 aliphatic carbocycles. The smallest absolute Gasteiger partial charge is 0.281 e. The van der Waals surface area contributed by atoms with Crippen molar-refractivity contribution in [2.24, 2.45) is 0 Å². The van der Waals surface area contributed by atoms with Gasteiger partial charge in [-0.3, -0.25) is 4.79 Å². The van der Waals surface area contributed by atoms with Gasteiger partial charge in [-0.15, -0.1) is 0 Å². The van der Waals surface area contributed by atoms with Gasteiger partial charge in [0.25, 0.3) is 16.1 Å². The highest BCUT2D eigenvalue weighted by atomic mass is 35.5. The number of carbonyl (C=O) groups excluding carboxylic acids is 1. The average molecular weight is 350 g/mol. The number of benzene rings is 1. The van der Waals surface area contributed by atoms with Gasteiger partial charge in [0.15, 0.2) is 0 Å². The van der Waals surface area contributed by atoms with E-state index in [2.05, 4.69) is 0 Å². The number of halogens is 2. The highest BCUT2D eigenvalue weighted by molar-refractivity contribution is 7.86. The van der Waals surface area contributed by atoms with Crippen LogP contribution in [0.25, 0.3) is 0 Å². The Morgan fingerprint density at radius 3 is 2.36 bits per heavy atom. The molecule has 0 bridgehead atoms. The Labute approximate surface area is 134 Å². The molecule has 1 aliphatic rings. The van der Waals surface area contributed by atoms with Crippen molar-refractivity contribution >= 4 is 27.7 Å². The molecule has 22 heavy (non-hydrogen) atoms. The quantitative estimate of drug-likeness (QED) is 0.819. The molecule has 1 aliphatic heterocycles. The van der Waals surface area contributed by atoms with Gasteiger partial charge in [0.2, 0.25) is 0 Å². The van der Waals surface area contributed by atoms with E-state index in [0.29, 0.717) is 0 Å². The van der Waals surface area contributed by atoms with Crippen molar-refractivity contribution in [1.82, 2.24) is 13.5 Å². The van der Waals surface area contributed by atoms with Crippen LogP contribution in [0.3, 0.4) is 0 Å². The standard InChI is InChI=1S/C13H17ClFN3O3S/c1-16(2)22(20,21)18-7-5-17(6-8-18)13(19)11-9-10(14)3-4-12(11)15/h3-4,9H,5-8H2,1-2H3. The molecule has 2 rings (SSSR count). The minimum Gasteiger partial charge on any atom is -0.336 e. The zero-order valence-corrected chi connectivity index (χ0v) is 13.9. The normalized spacial score (nSPS) is 17.0. The van der Waals surface area contributed by atoms with Crippen molar-refractivity contribution in [3.8, 4) is 0 Å². The highest BCUT2D eigenvalue weighted by Gasteiger charge is 2.31. The third kappa shape index (κ3) is 3.40. The molecule has 0 radical (unpaired) electrons. The number of carbonyl (C=O) groups is 1. The second-order valence-electron chi connectivity index (χ2n) is 5.11. The van der Waals surface area contributed by atoms with E-state index in [0.717, 1.165) is 10.4 Å². The Hall–Kier alpha value is -1.22. The van der Waals surface area contributed by atoms with Crippen LogP contribution in [0.2, 0.25) is 5.02 Å². The second kappa shape index (κ2) is 6.49. The maximum absolute atomic E-state index is 13.7. The van der Waals surface area contributed by atoms with Crippen molar-refractivity contribution < 1.29 is 17.6 Å². The molecule has 1 heterocycles. The van der Waals surface area contributed by atoms with Crippen LogP contribution in [0, 0.1) is 5.82 Å². The Kier molecular flexibility index (Phi) is 5.06. The summed E-state index contributed by atoms with van der Waals surface area (Å²) in [5.41, 5.74) is -0.101. The monoisotopic (exact) mass is 349 g/mol. The maximum atomic E-state index is 13.7. The highest BCUT2D eigenvalue weighted by Crippen LogP contribution is 2.18. The van der Waals surface area contributed by atoms with E-state index < -0.39 is 21.9 Å². The minimum absolute atomic E-state index is 0.101. The van der Waals surface area contributed by atoms with E-state index in [1.54, 1.807) is 0 Å². The third-order valence-corrected chi connectivity index (χ3v) is 5.65. The van der Waals surface area contributed by atoms with Crippen LogP contribution in [0.1, 0.15) is 10.4 Å². The van der Waals surface area contributed by atoms with Crippen molar-refractivity contribution in [1.29, 1.82) is 0 Å². The third-order valence-electron chi connectivity index (χ3n) is 3.47. The van der Waals surface area contributed by atoms with Crippen molar-refractivity contribution in [3.63, 3.8) is 0 Å². The first-order valence-electron chi connectivity index (χ1n) is 6.65. The van der Waals surface area contributed by atoms with Crippen LogP contribution in [-0.4, -0.2) is 68.1 Å². The second-order valence-corrected chi connectivity index (χ2v) is 7.68. The van der Waals surface area contributed by atoms with Gasteiger partial charge in [-0.25, -0.2) is 4.39 Å². The van der Waals surface area contributed by atoms with Gasteiger partial charge in [0.05, 0.1) is 5.56 Å². The molecule has 6 nitrogen and oxygen atoms in total. The van der Waals surface area contributed by atoms with Crippen molar-refractivity contribution in [2.75, 3.05) is 40.3 Å². The zero-order valence-electron chi connectivity index (χ0n) is 12.3. The molecule has 1 amide bonds. The first-order chi connectivity index (χ1) is 10.2. The number of amides is 1. The van der Waals surface area contributed by atoms with Gasteiger partial charge in [0.1, 0.15) is 5.82 Å². The number of piperazine rings is 1. The summed E-state index contributed by atoms with van der Waals surface area (Å²) in [4.78, 5) is 13.7. The molecule has 0 aromatic heterocycles. The lowest BCUT2D eigenvalue weighted by atomic mass is 10.1. The molecule has 1 saturated heterocycles. The molecule has 0 saturated carbocycles. The van der Waals surface area contributed by atoms with E-state index in [4.69, 9.17) is 11.6 Å². The molecular weight excluding hydrogens is 333 g/mol. The summed E-state index contributed by atoms with van der Waals surface area (Å²) in [5, 5.41) is 0.276. The number of rotatable bonds is 3. The molecule has 1 fully saturated rings. The molecule has 9 heteroatoms. The van der Waals surface area contributed by atoms with E-state index in [1.165, 1.54) is 35.4 Å². The summed E-state index contributed by atoms with van der Waals surface area (Å²) in [6.07, 6.45) is 0. The zero-order chi connectivity index (χ0) is 16.5. The largest absolute Gasteiger partial charge is 0.336 e. The van der Waals surface area contributed by atoms with Crippen molar-refractivity contribution in [2.45, 2.75) is 0 Å². The van der Waals surface area contributed by atoms with Gasteiger partial charge in [-0.2, -0.15) is 17.0 Å². The predicted molar refractivity (Wildman–Crippen MR) is 81.5 cm³/mol. The summed E-state index contributed by atoms with van der Waals surface area (Å²) in [5.74, 6) is -1.13. The van der Waals surface area contributed by atoms with Gasteiger partial charge >= 0.3 is 0 Å². The average Bonchev–Trinajstić information content (AvgIpc) is 2.49. The maximum Gasteiger partial charge on any atom is 0.281 e. The summed E-state index contributed by atoms with van der Waals surface area (Å²) in [6.45, 7) is 0.762. The van der Waals surface area contributed by atoms with E-state index in [-0.39, 0.29) is 36.8 Å². The Bertz CT molecular complexity index is 673. The summed E-state index contributed by atoms with van der Waals surface area (Å²) >= 11 is 5.79. The lowest BCUT2D eigenvalue weighted by molar-refractivity contribution is 0.0690. The summed E-state index contributed by atoms with van der Waals surface area (Å²) in [7, 11) is -0.590. The number of hydrogen-bond acceptors (Lipinski definition) is 3. The topological polar surface area (TPSA) is 60.9 Å². The molecular formula is C13H17ClFN3O3S. The van der Waals surface area contributed by atoms with Crippen LogP contribution < -0.4 is 0 Å². The van der Waals surface area contributed by atoms with Crippen LogP contribution in [-0.2, 0) is 10.2 Å². The van der Waals surface area contributed by atoms with E-state index in [9.17, 15) is 17.6 Å². The fourth-order valence-corrected chi connectivity index (χ4v) is 3.44. The number of hydrogen-bond donors (Lipinski definition) is 0. The summed E-state index contributed by atoms with van der Waals surface area (Å²) < 4.78 is 40.2. The van der Waals surface area contributed by atoms with Crippen LogP contribution in [0.4, 0.5) is 4.39 Å². The van der Waals surface area contributed by atoms with E-state index >= 15 is 0 Å². The minimum atomic E-state index is -3.50. The first kappa shape index (κ1) is 17.1. The van der Waals surface area contributed by atoms with Gasteiger partial charge in [-0.05, 0) is 18.2 Å². The fourth-order valence-electron chi connectivity index (χ4n) is 2.18. The molecule has 0 spiro atoms. The van der Waals surface area contributed by atoms with Crippen molar-refractivity contribution in [3.05, 3.63) is 34.6 Å². The first-order valence-corrected chi connectivity index (χ1v) is 8.43. The Balaban J connectivity index is 2.09. The molecule has 0 unspecified atom stereocenters. The Morgan fingerprint density at radius 1 is 1.23 bits per heavy atom. The lowest BCUT2D eigenvalue weighted by Gasteiger charge is -2.35. The fraction of sp³-hybridized carbons (Fsp3) is 0.462. The molecule has 0 N–H and O–H groups in total. The summed E-state index contributed by atoms with van der Waals surface area (Å²) in [6, 6.07) is 3.79. The van der Waals surface area contributed by atoms with E-state index in [1.807, 2.05) is 0 Å². The Morgan fingerprint density at radius 2 is 1.82 bits per heavy atom. The lowest BCUT2D eigenvalue weighted by Crippen LogP contribution is -2.53. The van der Waals surface area contributed by atoms with Crippen LogP contribution >= 0.6 is 11.6 Å². The number of nitrogens with zero attached hydrogens (tertiary/aromatic N) is 3. The van der Waals surface area contributed by atoms with Gasteiger partial charge in [-0.1, -0.05) is 11.6 Å². The predicted octanol–water partition coefficient (Wildman–Crippen LogP) is 1.04. The van der Waals surface area contributed by atoms with Crippen LogP contribution in [0.15, 0.2) is 18.2 Å². The SMILES string of the molecule is CN(C)S(=O)(=O)N1CCN(C(=O)c2cc(Cl)ccc2F)CC1. The molecule has 1 aromatic rings. The van der Waals surface area contributed by atoms with Gasteiger partial charge < -0.3 is 4.90 Å².